The van der Waals surface area contributed by atoms with Crippen molar-refractivity contribution in [3.63, 3.8) is 0 Å². The molecule has 1 amide bonds. The maximum absolute atomic E-state index is 13.9. The number of rotatable bonds is 4. The van der Waals surface area contributed by atoms with Gasteiger partial charge in [-0.3, -0.25) is 4.79 Å². The molecule has 1 aromatic carbocycles. The van der Waals surface area contributed by atoms with Gasteiger partial charge >= 0.3 is 0 Å². The molecule has 1 aliphatic rings. The van der Waals surface area contributed by atoms with Gasteiger partial charge in [-0.05, 0) is 31.0 Å². The fraction of sp³-hybridized carbons (Fsp3) is 0.312. The van der Waals surface area contributed by atoms with Gasteiger partial charge in [0.1, 0.15) is 5.82 Å². The van der Waals surface area contributed by atoms with Crippen LogP contribution < -0.4 is 5.32 Å². The van der Waals surface area contributed by atoms with E-state index in [0.717, 1.165) is 11.4 Å². The molecule has 2 aromatic heterocycles. The van der Waals surface area contributed by atoms with E-state index in [1.54, 1.807) is 0 Å². The number of hydrogen-bond acceptors (Lipinski definition) is 6. The molecule has 0 unspecified atom stereocenters. The van der Waals surface area contributed by atoms with E-state index in [4.69, 9.17) is 16.1 Å². The number of nitrogens with zero attached hydrogens (tertiary/aromatic N) is 4. The van der Waals surface area contributed by atoms with E-state index in [0.29, 0.717) is 19.3 Å². The molecule has 0 bridgehead atoms. The molecule has 10 heteroatoms. The largest absolute Gasteiger partial charge is 0.348 e. The first-order valence-electron chi connectivity index (χ1n) is 8.04. The van der Waals surface area contributed by atoms with Gasteiger partial charge in [0.15, 0.2) is 5.82 Å². The monoisotopic (exact) mass is 376 g/mol. The van der Waals surface area contributed by atoms with Gasteiger partial charge in [0.05, 0.1) is 23.5 Å². The third-order valence-electron chi connectivity index (χ3n) is 4.29. The minimum Gasteiger partial charge on any atom is -0.348 e. The number of hydrogen-bond donors (Lipinski definition) is 2. The number of benzene rings is 1. The van der Waals surface area contributed by atoms with Gasteiger partial charge in [-0.2, -0.15) is 20.4 Å². The van der Waals surface area contributed by atoms with Gasteiger partial charge in [-0.15, -0.1) is 0 Å². The molecule has 8 nitrogen and oxygen atoms in total. The predicted octanol–water partition coefficient (Wildman–Crippen LogP) is 2.07. The molecule has 0 fully saturated rings. The van der Waals surface area contributed by atoms with Crippen molar-refractivity contribution in [1.82, 2.24) is 30.9 Å². The Balaban J connectivity index is 1.38. The van der Waals surface area contributed by atoms with Gasteiger partial charge in [-0.1, -0.05) is 16.8 Å². The number of aromatic nitrogens is 5. The van der Waals surface area contributed by atoms with Crippen LogP contribution in [-0.4, -0.2) is 31.5 Å². The van der Waals surface area contributed by atoms with Crippen LogP contribution in [0.2, 0.25) is 5.02 Å². The summed E-state index contributed by atoms with van der Waals surface area (Å²) in [6.45, 7) is 0.0969. The zero-order valence-electron chi connectivity index (χ0n) is 13.5. The fourth-order valence-electron chi connectivity index (χ4n) is 2.92. The van der Waals surface area contributed by atoms with E-state index in [1.165, 1.54) is 18.2 Å². The number of fused-ring (bicyclic) bond motifs is 1. The smallest absolute Gasteiger partial charge is 0.260 e. The lowest BCUT2D eigenvalue weighted by molar-refractivity contribution is -0.125. The average Bonchev–Trinajstić information content (AvgIpc) is 3.28. The molecular weight excluding hydrogens is 363 g/mol. The molecule has 4 rings (SSSR count). The van der Waals surface area contributed by atoms with E-state index in [2.05, 4.69) is 30.9 Å². The lowest BCUT2D eigenvalue weighted by atomic mass is 9.89. The Morgan fingerprint density at radius 2 is 2.23 bits per heavy atom. The lowest BCUT2D eigenvalue weighted by Gasteiger charge is -2.19. The van der Waals surface area contributed by atoms with Crippen molar-refractivity contribution in [2.24, 2.45) is 5.92 Å². The standard InChI is InChI=1S/C16H14ClFN6O2/c17-9-2-3-10(11(18)6-9)16-20-14(23-26-16)7-19-15(25)8-1-4-12-13(5-8)22-24-21-12/h2-3,6,8H,1,4-5,7H2,(H,19,25)(H,21,22,24)/t8-/m0/s1. The quantitative estimate of drug-likeness (QED) is 0.721. The summed E-state index contributed by atoms with van der Waals surface area (Å²) in [6.07, 6.45) is 1.97. The zero-order valence-corrected chi connectivity index (χ0v) is 14.3. The van der Waals surface area contributed by atoms with Crippen molar-refractivity contribution in [2.45, 2.75) is 25.8 Å². The summed E-state index contributed by atoms with van der Waals surface area (Å²) in [5, 5.41) is 17.5. The minimum absolute atomic E-state index is 0.0355. The van der Waals surface area contributed by atoms with Gasteiger partial charge in [0, 0.05) is 17.4 Å². The van der Waals surface area contributed by atoms with Gasteiger partial charge < -0.3 is 9.84 Å². The molecule has 0 aliphatic heterocycles. The van der Waals surface area contributed by atoms with Crippen LogP contribution in [0.1, 0.15) is 23.6 Å². The van der Waals surface area contributed by atoms with Crippen LogP contribution in [0.5, 0.6) is 0 Å². The highest BCUT2D eigenvalue weighted by Gasteiger charge is 2.27. The first-order chi connectivity index (χ1) is 12.6. The Bertz CT molecular complexity index is 956. The SMILES string of the molecule is O=C(NCc1noc(-c2ccc(Cl)cc2F)n1)[C@H]1CCc2n[nH]nc2C1. The van der Waals surface area contributed by atoms with Crippen LogP contribution in [0.3, 0.4) is 0 Å². The fourth-order valence-corrected chi connectivity index (χ4v) is 3.08. The molecule has 2 heterocycles. The van der Waals surface area contributed by atoms with Crippen molar-refractivity contribution in [3.8, 4) is 11.5 Å². The molecule has 2 N–H and O–H groups in total. The lowest BCUT2D eigenvalue weighted by Crippen LogP contribution is -2.34. The van der Waals surface area contributed by atoms with Crippen LogP contribution in [0.25, 0.3) is 11.5 Å². The van der Waals surface area contributed by atoms with E-state index < -0.39 is 5.82 Å². The zero-order chi connectivity index (χ0) is 18.1. The van der Waals surface area contributed by atoms with Crippen LogP contribution in [-0.2, 0) is 24.2 Å². The Labute approximate surface area is 152 Å². The van der Waals surface area contributed by atoms with Crippen LogP contribution in [0.4, 0.5) is 4.39 Å². The summed E-state index contributed by atoms with van der Waals surface area (Å²) < 4.78 is 19.0. The predicted molar refractivity (Wildman–Crippen MR) is 88.4 cm³/mol. The Morgan fingerprint density at radius 1 is 1.38 bits per heavy atom. The summed E-state index contributed by atoms with van der Waals surface area (Å²) in [5.41, 5.74) is 1.91. The summed E-state index contributed by atoms with van der Waals surface area (Å²) in [5.74, 6) is -0.535. The maximum atomic E-state index is 13.9. The Hall–Kier alpha value is -2.81. The highest BCUT2D eigenvalue weighted by Crippen LogP contribution is 2.24. The number of halogens is 2. The van der Waals surface area contributed by atoms with Crippen molar-refractivity contribution < 1.29 is 13.7 Å². The van der Waals surface area contributed by atoms with Crippen molar-refractivity contribution >= 4 is 17.5 Å². The third-order valence-corrected chi connectivity index (χ3v) is 4.53. The number of carbonyl (C=O) groups excluding carboxylic acids is 1. The molecule has 0 radical (unpaired) electrons. The van der Waals surface area contributed by atoms with Crippen LogP contribution >= 0.6 is 11.6 Å². The van der Waals surface area contributed by atoms with Crippen molar-refractivity contribution in [3.05, 3.63) is 46.3 Å². The molecule has 3 aromatic rings. The van der Waals surface area contributed by atoms with Gasteiger partial charge in [0.25, 0.3) is 5.89 Å². The topological polar surface area (TPSA) is 110 Å². The van der Waals surface area contributed by atoms with E-state index in [1.807, 2.05) is 0 Å². The summed E-state index contributed by atoms with van der Waals surface area (Å²) in [7, 11) is 0. The minimum atomic E-state index is -0.553. The highest BCUT2D eigenvalue weighted by atomic mass is 35.5. The highest BCUT2D eigenvalue weighted by molar-refractivity contribution is 6.30. The van der Waals surface area contributed by atoms with Crippen molar-refractivity contribution in [1.29, 1.82) is 0 Å². The van der Waals surface area contributed by atoms with E-state index in [9.17, 15) is 9.18 Å². The molecule has 0 saturated heterocycles. The van der Waals surface area contributed by atoms with Gasteiger partial charge in [0.2, 0.25) is 5.91 Å². The van der Waals surface area contributed by atoms with Crippen molar-refractivity contribution in [2.75, 3.05) is 0 Å². The Kier molecular flexibility index (Phi) is 4.37. The van der Waals surface area contributed by atoms with E-state index >= 15 is 0 Å². The normalized spacial score (nSPS) is 16.3. The second kappa shape index (κ2) is 6.83. The first-order valence-corrected chi connectivity index (χ1v) is 8.42. The second-order valence-electron chi connectivity index (χ2n) is 6.01. The first kappa shape index (κ1) is 16.6. The maximum Gasteiger partial charge on any atom is 0.260 e. The number of H-pyrrole nitrogens is 1. The summed E-state index contributed by atoms with van der Waals surface area (Å²) >= 11 is 5.73. The molecule has 134 valence electrons. The molecule has 0 spiro atoms. The molecule has 1 atom stereocenters. The molecule has 0 saturated carbocycles. The Morgan fingerprint density at radius 3 is 3.08 bits per heavy atom. The van der Waals surface area contributed by atoms with Crippen LogP contribution in [0.15, 0.2) is 22.7 Å². The molecule has 26 heavy (non-hydrogen) atoms. The molecular formula is C16H14ClFN6O2. The second-order valence-corrected chi connectivity index (χ2v) is 6.45. The molecule has 1 aliphatic carbocycles. The number of aromatic amines is 1. The number of nitrogens with one attached hydrogen (secondary N) is 2. The summed E-state index contributed by atoms with van der Waals surface area (Å²) in [4.78, 5) is 16.5. The number of amides is 1. The number of carbonyl (C=O) groups is 1. The number of aryl methyl sites for hydroxylation is 1. The van der Waals surface area contributed by atoms with E-state index in [-0.39, 0.29) is 40.7 Å². The average molecular weight is 377 g/mol. The third kappa shape index (κ3) is 3.30. The van der Waals surface area contributed by atoms with Crippen LogP contribution in [0, 0.1) is 11.7 Å². The summed E-state index contributed by atoms with van der Waals surface area (Å²) in [6, 6.07) is 4.17. The van der Waals surface area contributed by atoms with Gasteiger partial charge in [-0.25, -0.2) is 4.39 Å².